The number of rotatable bonds is 4. The molecule has 110 valence electrons. The van der Waals surface area contributed by atoms with Crippen molar-refractivity contribution >= 4 is 5.69 Å². The van der Waals surface area contributed by atoms with Crippen molar-refractivity contribution in [2.45, 2.75) is 6.54 Å². The number of phenolic OH excluding ortho intramolecular Hbond substituents is 1. The molecular weight excluding hydrogens is 277 g/mol. The molecule has 0 saturated heterocycles. The van der Waals surface area contributed by atoms with Gasteiger partial charge in [0, 0.05) is 12.1 Å². The fraction of sp³-hybridized carbons (Fsp3) is 0.0526. The molecule has 2 nitrogen and oxygen atoms in total. The summed E-state index contributed by atoms with van der Waals surface area (Å²) in [6.45, 7) is 0.369. The minimum Gasteiger partial charge on any atom is -0.508 e. The standard InChI is InChI=1S/C19H16FNO/c20-17-12-15(14-6-2-1-3-7-14)10-11-18(17)21-13-16-8-4-5-9-19(16)22/h1-12,21-22H,13H2. The summed E-state index contributed by atoms with van der Waals surface area (Å²) in [5, 5.41) is 12.7. The van der Waals surface area contributed by atoms with Crippen LogP contribution in [0.5, 0.6) is 5.75 Å². The molecule has 0 spiro atoms. The molecule has 3 aromatic rings. The highest BCUT2D eigenvalue weighted by atomic mass is 19.1. The Balaban J connectivity index is 1.77. The first-order chi connectivity index (χ1) is 10.7. The predicted molar refractivity (Wildman–Crippen MR) is 87.3 cm³/mol. The highest BCUT2D eigenvalue weighted by Crippen LogP contribution is 2.25. The van der Waals surface area contributed by atoms with Crippen LogP contribution in [0.15, 0.2) is 72.8 Å². The Morgan fingerprint density at radius 1 is 0.818 bits per heavy atom. The van der Waals surface area contributed by atoms with Crippen LogP contribution >= 0.6 is 0 Å². The van der Waals surface area contributed by atoms with Crippen molar-refractivity contribution in [3.05, 3.63) is 84.2 Å². The maximum atomic E-state index is 14.2. The lowest BCUT2D eigenvalue weighted by Gasteiger charge is -2.10. The number of para-hydroxylation sites is 1. The van der Waals surface area contributed by atoms with Crippen molar-refractivity contribution < 1.29 is 9.50 Å². The van der Waals surface area contributed by atoms with Crippen LogP contribution in [0.4, 0.5) is 10.1 Å². The number of hydrogen-bond acceptors (Lipinski definition) is 2. The zero-order valence-corrected chi connectivity index (χ0v) is 12.0. The monoisotopic (exact) mass is 293 g/mol. The molecule has 0 amide bonds. The lowest BCUT2D eigenvalue weighted by Crippen LogP contribution is -2.01. The topological polar surface area (TPSA) is 32.3 Å². The Kier molecular flexibility index (Phi) is 4.05. The fourth-order valence-electron chi connectivity index (χ4n) is 2.32. The number of nitrogens with one attached hydrogen (secondary N) is 1. The second-order valence-corrected chi connectivity index (χ2v) is 5.04. The molecule has 0 bridgehead atoms. The second-order valence-electron chi connectivity index (χ2n) is 5.04. The van der Waals surface area contributed by atoms with Gasteiger partial charge >= 0.3 is 0 Å². The summed E-state index contributed by atoms with van der Waals surface area (Å²) in [5.74, 6) is -0.104. The largest absolute Gasteiger partial charge is 0.508 e. The maximum Gasteiger partial charge on any atom is 0.146 e. The molecule has 22 heavy (non-hydrogen) atoms. The van der Waals surface area contributed by atoms with E-state index in [9.17, 15) is 9.50 Å². The summed E-state index contributed by atoms with van der Waals surface area (Å²) < 4.78 is 14.2. The molecule has 0 aliphatic rings. The van der Waals surface area contributed by atoms with E-state index in [2.05, 4.69) is 5.32 Å². The van der Waals surface area contributed by atoms with Gasteiger partial charge in [-0.3, -0.25) is 0 Å². The predicted octanol–water partition coefficient (Wildman–Crippen LogP) is 4.81. The average Bonchev–Trinajstić information content (AvgIpc) is 2.56. The van der Waals surface area contributed by atoms with Crippen LogP contribution in [0.2, 0.25) is 0 Å². The van der Waals surface area contributed by atoms with Gasteiger partial charge in [0.1, 0.15) is 11.6 Å². The number of halogens is 1. The molecule has 3 aromatic carbocycles. The third-order valence-electron chi connectivity index (χ3n) is 3.54. The van der Waals surface area contributed by atoms with Crippen molar-refractivity contribution in [3.63, 3.8) is 0 Å². The SMILES string of the molecule is Oc1ccccc1CNc1ccc(-c2ccccc2)cc1F. The normalized spacial score (nSPS) is 10.4. The Bertz CT molecular complexity index is 771. The summed E-state index contributed by atoms with van der Waals surface area (Å²) >= 11 is 0. The summed E-state index contributed by atoms with van der Waals surface area (Å²) in [4.78, 5) is 0. The van der Waals surface area contributed by atoms with Crippen molar-refractivity contribution in [1.29, 1.82) is 0 Å². The van der Waals surface area contributed by atoms with Gasteiger partial charge in [0.15, 0.2) is 0 Å². The lowest BCUT2D eigenvalue weighted by atomic mass is 10.1. The number of anilines is 1. The van der Waals surface area contributed by atoms with E-state index in [1.165, 1.54) is 6.07 Å². The van der Waals surface area contributed by atoms with Crippen molar-refractivity contribution in [2.24, 2.45) is 0 Å². The van der Waals surface area contributed by atoms with Gasteiger partial charge in [-0.25, -0.2) is 4.39 Å². The van der Waals surface area contributed by atoms with E-state index in [0.29, 0.717) is 12.2 Å². The molecule has 3 heteroatoms. The average molecular weight is 293 g/mol. The molecule has 3 rings (SSSR count). The maximum absolute atomic E-state index is 14.2. The van der Waals surface area contributed by atoms with E-state index in [4.69, 9.17) is 0 Å². The molecule has 0 radical (unpaired) electrons. The summed E-state index contributed by atoms with van der Waals surface area (Å²) in [5.41, 5.74) is 2.97. The zero-order valence-electron chi connectivity index (χ0n) is 12.0. The number of benzene rings is 3. The van der Waals surface area contributed by atoms with Gasteiger partial charge in [0.05, 0.1) is 5.69 Å². The molecule has 0 unspecified atom stereocenters. The zero-order chi connectivity index (χ0) is 15.4. The number of aromatic hydroxyl groups is 1. The van der Waals surface area contributed by atoms with Crippen LogP contribution in [0, 0.1) is 5.82 Å². The van der Waals surface area contributed by atoms with E-state index in [-0.39, 0.29) is 11.6 Å². The smallest absolute Gasteiger partial charge is 0.146 e. The van der Waals surface area contributed by atoms with E-state index < -0.39 is 0 Å². The van der Waals surface area contributed by atoms with Crippen molar-refractivity contribution in [2.75, 3.05) is 5.32 Å². The van der Waals surface area contributed by atoms with Gasteiger partial charge in [-0.05, 0) is 29.3 Å². The third-order valence-corrected chi connectivity index (χ3v) is 3.54. The molecule has 0 atom stereocenters. The first-order valence-corrected chi connectivity index (χ1v) is 7.10. The van der Waals surface area contributed by atoms with Gasteiger partial charge in [-0.2, -0.15) is 0 Å². The van der Waals surface area contributed by atoms with E-state index in [1.54, 1.807) is 24.3 Å². The quantitative estimate of drug-likeness (QED) is 0.723. The number of hydrogen-bond donors (Lipinski definition) is 2. The minimum absolute atomic E-state index is 0.205. The van der Waals surface area contributed by atoms with Crippen LogP contribution in [-0.4, -0.2) is 5.11 Å². The molecule has 0 aliphatic carbocycles. The molecular formula is C19H16FNO. The molecule has 0 fully saturated rings. The van der Waals surface area contributed by atoms with Crippen molar-refractivity contribution in [3.8, 4) is 16.9 Å². The van der Waals surface area contributed by atoms with Gasteiger partial charge in [0.2, 0.25) is 0 Å². The Labute approximate surface area is 128 Å². The van der Waals surface area contributed by atoms with Gasteiger partial charge in [-0.15, -0.1) is 0 Å². The van der Waals surface area contributed by atoms with Gasteiger partial charge in [0.25, 0.3) is 0 Å². The van der Waals surface area contributed by atoms with Crippen molar-refractivity contribution in [1.82, 2.24) is 0 Å². The Morgan fingerprint density at radius 3 is 2.27 bits per heavy atom. The molecule has 0 aromatic heterocycles. The first kappa shape index (κ1) is 14.1. The third kappa shape index (κ3) is 3.09. The molecule has 0 aliphatic heterocycles. The lowest BCUT2D eigenvalue weighted by molar-refractivity contribution is 0.469. The van der Waals surface area contributed by atoms with E-state index >= 15 is 0 Å². The molecule has 0 heterocycles. The fourth-order valence-corrected chi connectivity index (χ4v) is 2.32. The second kappa shape index (κ2) is 6.31. The number of phenols is 1. The van der Waals surface area contributed by atoms with Crippen LogP contribution in [-0.2, 0) is 6.54 Å². The van der Waals surface area contributed by atoms with Crippen LogP contribution in [0.25, 0.3) is 11.1 Å². The minimum atomic E-state index is -0.309. The van der Waals surface area contributed by atoms with Crippen LogP contribution in [0.1, 0.15) is 5.56 Å². The van der Waals surface area contributed by atoms with Crippen LogP contribution in [0.3, 0.4) is 0 Å². The molecule has 2 N–H and O–H groups in total. The molecule has 0 saturated carbocycles. The van der Waals surface area contributed by atoms with E-state index in [1.807, 2.05) is 42.5 Å². The summed E-state index contributed by atoms with van der Waals surface area (Å²) in [6, 6.07) is 21.8. The first-order valence-electron chi connectivity index (χ1n) is 7.10. The highest BCUT2D eigenvalue weighted by Gasteiger charge is 2.06. The Hall–Kier alpha value is -2.81. The summed E-state index contributed by atoms with van der Waals surface area (Å²) in [6.07, 6.45) is 0. The van der Waals surface area contributed by atoms with E-state index in [0.717, 1.165) is 16.7 Å². The highest BCUT2D eigenvalue weighted by molar-refractivity contribution is 5.66. The van der Waals surface area contributed by atoms with Gasteiger partial charge < -0.3 is 10.4 Å². The Morgan fingerprint density at radius 2 is 1.55 bits per heavy atom. The van der Waals surface area contributed by atoms with Gasteiger partial charge in [-0.1, -0.05) is 54.6 Å². The summed E-state index contributed by atoms with van der Waals surface area (Å²) in [7, 11) is 0. The van der Waals surface area contributed by atoms with Crippen LogP contribution < -0.4 is 5.32 Å².